The van der Waals surface area contributed by atoms with Crippen LogP contribution in [0.3, 0.4) is 0 Å². The number of fused-ring (bicyclic) bond motifs is 1. The zero-order valence-corrected chi connectivity index (χ0v) is 11.2. The lowest BCUT2D eigenvalue weighted by Gasteiger charge is -2.35. The van der Waals surface area contributed by atoms with Crippen LogP contribution in [0.1, 0.15) is 44.1 Å². The van der Waals surface area contributed by atoms with Crippen LogP contribution in [0.4, 0.5) is 0 Å². The van der Waals surface area contributed by atoms with Crippen LogP contribution in [0.5, 0.6) is 17.2 Å². The third-order valence-corrected chi connectivity index (χ3v) is 4.14. The Labute approximate surface area is 113 Å². The van der Waals surface area contributed by atoms with Crippen molar-refractivity contribution in [2.75, 3.05) is 13.2 Å². The minimum absolute atomic E-state index is 0.230. The average molecular weight is 263 g/mol. The summed E-state index contributed by atoms with van der Waals surface area (Å²) < 4.78 is 11.5. The van der Waals surface area contributed by atoms with Crippen molar-refractivity contribution in [3.63, 3.8) is 0 Å². The zero-order chi connectivity index (χ0) is 13.3. The predicted octanol–water partition coefficient (Wildman–Crippen LogP) is 2.67. The van der Waals surface area contributed by atoms with Gasteiger partial charge in [0.2, 0.25) is 0 Å². The molecule has 0 unspecified atom stereocenters. The van der Waals surface area contributed by atoms with Crippen molar-refractivity contribution in [3.8, 4) is 17.2 Å². The minimum Gasteiger partial charge on any atom is -0.507 e. The van der Waals surface area contributed by atoms with Gasteiger partial charge in [-0.1, -0.05) is 19.3 Å². The molecule has 1 aromatic carbocycles. The summed E-state index contributed by atoms with van der Waals surface area (Å²) >= 11 is 0. The second-order valence-electron chi connectivity index (χ2n) is 5.55. The number of nitrogens with two attached hydrogens (primary N) is 1. The summed E-state index contributed by atoms with van der Waals surface area (Å²) in [6.45, 7) is 1.26. The maximum absolute atomic E-state index is 10.3. The quantitative estimate of drug-likeness (QED) is 0.817. The van der Waals surface area contributed by atoms with E-state index in [1.54, 1.807) is 12.1 Å². The van der Waals surface area contributed by atoms with E-state index < -0.39 is 5.54 Å². The first-order chi connectivity index (χ1) is 9.21. The highest BCUT2D eigenvalue weighted by atomic mass is 16.5. The van der Waals surface area contributed by atoms with Crippen LogP contribution in [0.15, 0.2) is 12.1 Å². The van der Waals surface area contributed by atoms with Gasteiger partial charge in [-0.25, -0.2) is 0 Å². The molecule has 0 aromatic heterocycles. The molecule has 0 spiro atoms. The number of hydrogen-bond acceptors (Lipinski definition) is 4. The minimum atomic E-state index is -0.485. The standard InChI is InChI=1S/C15H21NO3/c16-15(7-2-1-3-8-15)13-11(17)5-6-12-14(13)19-10-4-9-18-12/h5-6,17H,1-4,7-10,16H2. The first kappa shape index (κ1) is 12.6. The molecule has 1 fully saturated rings. The van der Waals surface area contributed by atoms with E-state index in [1.807, 2.05) is 0 Å². The first-order valence-corrected chi connectivity index (χ1v) is 7.12. The van der Waals surface area contributed by atoms with E-state index in [0.29, 0.717) is 24.7 Å². The van der Waals surface area contributed by atoms with Gasteiger partial charge in [0.05, 0.1) is 18.8 Å². The van der Waals surface area contributed by atoms with Gasteiger partial charge in [-0.05, 0) is 25.0 Å². The summed E-state index contributed by atoms with van der Waals surface area (Å²) in [6.07, 6.45) is 6.04. The Balaban J connectivity index is 2.08. The number of rotatable bonds is 1. The van der Waals surface area contributed by atoms with Gasteiger partial charge in [0.1, 0.15) is 5.75 Å². The van der Waals surface area contributed by atoms with Gasteiger partial charge in [0, 0.05) is 12.0 Å². The normalized spacial score (nSPS) is 21.7. The molecule has 3 N–H and O–H groups in total. The van der Waals surface area contributed by atoms with Crippen LogP contribution in [0.2, 0.25) is 0 Å². The van der Waals surface area contributed by atoms with Crippen LogP contribution in [-0.4, -0.2) is 18.3 Å². The molecule has 1 aliphatic carbocycles. The van der Waals surface area contributed by atoms with Gasteiger partial charge in [0.25, 0.3) is 0 Å². The number of phenols is 1. The van der Waals surface area contributed by atoms with E-state index in [2.05, 4.69) is 0 Å². The monoisotopic (exact) mass is 263 g/mol. The molecule has 1 heterocycles. The predicted molar refractivity (Wildman–Crippen MR) is 72.7 cm³/mol. The lowest BCUT2D eigenvalue weighted by molar-refractivity contribution is 0.264. The van der Waals surface area contributed by atoms with Gasteiger partial charge in [0.15, 0.2) is 11.5 Å². The SMILES string of the molecule is NC1(c2c(O)ccc3c2OCCCO3)CCCCC1. The highest BCUT2D eigenvalue weighted by Crippen LogP contribution is 2.48. The topological polar surface area (TPSA) is 64.7 Å². The molecule has 0 bridgehead atoms. The summed E-state index contributed by atoms with van der Waals surface area (Å²) in [5, 5.41) is 10.3. The van der Waals surface area contributed by atoms with Crippen molar-refractivity contribution in [2.24, 2.45) is 5.73 Å². The molecule has 104 valence electrons. The summed E-state index contributed by atoms with van der Waals surface area (Å²) in [5.74, 6) is 1.59. The molecule has 2 aliphatic rings. The fraction of sp³-hybridized carbons (Fsp3) is 0.600. The summed E-state index contributed by atoms with van der Waals surface area (Å²) in [7, 11) is 0. The molecule has 4 heteroatoms. The van der Waals surface area contributed by atoms with E-state index in [9.17, 15) is 5.11 Å². The number of benzene rings is 1. The lowest BCUT2D eigenvalue weighted by Crippen LogP contribution is -2.39. The molecule has 0 amide bonds. The summed E-state index contributed by atoms with van der Waals surface area (Å²) in [6, 6.07) is 3.44. The van der Waals surface area contributed by atoms with Gasteiger partial charge in [-0.15, -0.1) is 0 Å². The van der Waals surface area contributed by atoms with Gasteiger partial charge < -0.3 is 20.3 Å². The molecule has 3 rings (SSSR count). The van der Waals surface area contributed by atoms with E-state index in [1.165, 1.54) is 6.42 Å². The van der Waals surface area contributed by atoms with Gasteiger partial charge in [-0.3, -0.25) is 0 Å². The maximum Gasteiger partial charge on any atom is 0.169 e. The number of aromatic hydroxyl groups is 1. The van der Waals surface area contributed by atoms with E-state index in [0.717, 1.165) is 37.7 Å². The van der Waals surface area contributed by atoms with Crippen LogP contribution in [0, 0.1) is 0 Å². The Kier molecular flexibility index (Phi) is 3.27. The Morgan fingerprint density at radius 3 is 2.53 bits per heavy atom. The zero-order valence-electron chi connectivity index (χ0n) is 11.2. The first-order valence-electron chi connectivity index (χ1n) is 7.12. The molecular weight excluding hydrogens is 242 g/mol. The van der Waals surface area contributed by atoms with Crippen molar-refractivity contribution >= 4 is 0 Å². The molecule has 1 saturated carbocycles. The molecule has 19 heavy (non-hydrogen) atoms. The number of ether oxygens (including phenoxy) is 2. The van der Waals surface area contributed by atoms with E-state index in [4.69, 9.17) is 15.2 Å². The molecular formula is C15H21NO3. The molecule has 0 saturated heterocycles. The Hall–Kier alpha value is -1.42. The largest absolute Gasteiger partial charge is 0.507 e. The van der Waals surface area contributed by atoms with E-state index >= 15 is 0 Å². The summed E-state index contributed by atoms with van der Waals surface area (Å²) in [4.78, 5) is 0. The molecule has 0 radical (unpaired) electrons. The van der Waals surface area contributed by atoms with Crippen LogP contribution < -0.4 is 15.2 Å². The Morgan fingerprint density at radius 2 is 1.74 bits per heavy atom. The van der Waals surface area contributed by atoms with Crippen LogP contribution in [-0.2, 0) is 5.54 Å². The molecule has 1 aliphatic heterocycles. The second-order valence-corrected chi connectivity index (χ2v) is 5.55. The fourth-order valence-corrected chi connectivity index (χ4v) is 3.14. The van der Waals surface area contributed by atoms with Crippen molar-refractivity contribution in [1.29, 1.82) is 0 Å². The Bertz CT molecular complexity index is 467. The highest BCUT2D eigenvalue weighted by Gasteiger charge is 2.36. The summed E-state index contributed by atoms with van der Waals surface area (Å²) in [5.41, 5.74) is 6.82. The van der Waals surface area contributed by atoms with Gasteiger partial charge in [-0.2, -0.15) is 0 Å². The third kappa shape index (κ3) is 2.25. The molecule has 4 nitrogen and oxygen atoms in total. The van der Waals surface area contributed by atoms with Gasteiger partial charge >= 0.3 is 0 Å². The molecule has 1 aromatic rings. The average Bonchev–Trinajstić information content (AvgIpc) is 2.64. The van der Waals surface area contributed by atoms with E-state index in [-0.39, 0.29) is 5.75 Å². The van der Waals surface area contributed by atoms with Crippen molar-refractivity contribution < 1.29 is 14.6 Å². The fourth-order valence-electron chi connectivity index (χ4n) is 3.14. The second kappa shape index (κ2) is 4.93. The number of hydrogen-bond donors (Lipinski definition) is 2. The molecule has 0 atom stereocenters. The number of phenolic OH excluding ortho intramolecular Hbond substituents is 1. The Morgan fingerprint density at radius 1 is 1.00 bits per heavy atom. The van der Waals surface area contributed by atoms with Crippen molar-refractivity contribution in [3.05, 3.63) is 17.7 Å². The lowest BCUT2D eigenvalue weighted by atomic mass is 9.76. The smallest absolute Gasteiger partial charge is 0.169 e. The van der Waals surface area contributed by atoms with Crippen molar-refractivity contribution in [2.45, 2.75) is 44.1 Å². The maximum atomic E-state index is 10.3. The van der Waals surface area contributed by atoms with Crippen molar-refractivity contribution in [1.82, 2.24) is 0 Å². The highest BCUT2D eigenvalue weighted by molar-refractivity contribution is 5.57. The third-order valence-electron chi connectivity index (χ3n) is 4.14. The van der Waals surface area contributed by atoms with Crippen LogP contribution in [0.25, 0.3) is 0 Å². The van der Waals surface area contributed by atoms with Crippen LogP contribution >= 0.6 is 0 Å².